The zero-order valence-electron chi connectivity index (χ0n) is 7.81. The predicted molar refractivity (Wildman–Crippen MR) is 32.5 cm³/mol. The molecule has 0 saturated carbocycles. The number of piperidine rings is 1. The minimum absolute atomic E-state index is 2.60. The van der Waals surface area contributed by atoms with Gasteiger partial charge in [0.2, 0.25) is 0 Å². The Bertz CT molecular complexity index is 317. The van der Waals surface area contributed by atoms with Crippen LogP contribution >= 0.6 is 0 Å². The van der Waals surface area contributed by atoms with Crippen molar-refractivity contribution in [3.63, 3.8) is 0 Å². The summed E-state index contributed by atoms with van der Waals surface area (Å²) in [6.07, 6.45) is 0. The minimum Gasteiger partial charge on any atom is -0.233 e. The average molecular weight is 297 g/mol. The van der Waals surface area contributed by atoms with Crippen molar-refractivity contribution in [3.8, 4) is 0 Å². The Morgan fingerprint density at radius 2 is 0.833 bits per heavy atom. The third-order valence-corrected chi connectivity index (χ3v) is 2.34. The highest BCUT2D eigenvalue weighted by atomic mass is 19.4. The summed E-state index contributed by atoms with van der Waals surface area (Å²) < 4.78 is 137. The van der Waals surface area contributed by atoms with Gasteiger partial charge in [0.05, 0.1) is 0 Å². The number of hydrogen-bond donors (Lipinski definition) is 0. The van der Waals surface area contributed by atoms with Gasteiger partial charge in [0.25, 0.3) is 0 Å². The van der Waals surface area contributed by atoms with Crippen molar-refractivity contribution >= 4 is 0 Å². The summed E-state index contributed by atoms with van der Waals surface area (Å²) in [6, 6.07) is -13.0. The lowest BCUT2D eigenvalue weighted by atomic mass is 9.94. The second-order valence-electron chi connectivity index (χ2n) is 3.35. The van der Waals surface area contributed by atoms with Crippen LogP contribution < -0.4 is 0 Å². The van der Waals surface area contributed by atoms with Crippen molar-refractivity contribution in [2.75, 3.05) is 6.80 Å². The van der Waals surface area contributed by atoms with E-state index in [9.17, 15) is 48.3 Å². The number of nitrogens with zero attached hydrogens (tertiary/aromatic N) is 1. The first-order valence-electron chi connectivity index (χ1n) is 3.92. The van der Waals surface area contributed by atoms with Gasteiger partial charge in [0.1, 0.15) is 0 Å². The number of likely N-dealkylation sites (tertiary alicyclic amines) is 1. The molecule has 18 heavy (non-hydrogen) atoms. The van der Waals surface area contributed by atoms with Gasteiger partial charge >= 0.3 is 29.9 Å². The van der Waals surface area contributed by atoms with E-state index in [1.807, 2.05) is 0 Å². The van der Waals surface area contributed by atoms with Crippen molar-refractivity contribution in [2.45, 2.75) is 29.9 Å². The van der Waals surface area contributed by atoms with Crippen LogP contribution in [0.2, 0.25) is 0 Å². The van der Waals surface area contributed by atoms with E-state index in [2.05, 4.69) is 0 Å². The molecule has 0 atom stereocenters. The van der Waals surface area contributed by atoms with Gasteiger partial charge in [-0.05, 0) is 0 Å². The summed E-state index contributed by atoms with van der Waals surface area (Å²) in [5, 5.41) is 0. The molecule has 0 unspecified atom stereocenters. The van der Waals surface area contributed by atoms with E-state index >= 15 is 0 Å². The maximum atomic E-state index is 12.6. The van der Waals surface area contributed by atoms with E-state index in [4.69, 9.17) is 0 Å². The first-order valence-corrected chi connectivity index (χ1v) is 3.92. The standard InChI is InChI=1S/C6H2F11N/c7-1-18-5(14,15)3(10,11)2(8,9)4(12,13)6(18,16)17/h1H2. The van der Waals surface area contributed by atoms with E-state index < -0.39 is 41.6 Å². The number of alkyl halides is 11. The van der Waals surface area contributed by atoms with E-state index in [1.54, 1.807) is 0 Å². The topological polar surface area (TPSA) is 3.24 Å². The molecule has 1 heterocycles. The van der Waals surface area contributed by atoms with Gasteiger partial charge in [-0.3, -0.25) is 0 Å². The molecule has 0 spiro atoms. The van der Waals surface area contributed by atoms with E-state index in [0.29, 0.717) is 0 Å². The molecule has 108 valence electrons. The Balaban J connectivity index is 3.59. The molecule has 1 nitrogen and oxygen atoms in total. The number of halogens is 11. The molecule has 0 aromatic heterocycles. The predicted octanol–water partition coefficient (Wildman–Crippen LogP) is 3.32. The fourth-order valence-electron chi connectivity index (χ4n) is 1.24. The van der Waals surface area contributed by atoms with Gasteiger partial charge in [-0.2, -0.15) is 43.9 Å². The molecule has 1 aliphatic heterocycles. The Labute approximate surface area is 91.1 Å². The molecule has 1 aliphatic rings. The van der Waals surface area contributed by atoms with Crippen LogP contribution in [0, 0.1) is 0 Å². The summed E-state index contributed by atoms with van der Waals surface area (Å²) in [4.78, 5) is -2.60. The van der Waals surface area contributed by atoms with Crippen molar-refractivity contribution in [3.05, 3.63) is 0 Å². The Hall–Kier alpha value is -0.810. The molecule has 0 bridgehead atoms. The SMILES string of the molecule is FCN1C(F)(F)C(F)(F)C(F)(F)C(F)(F)C1(F)F. The summed E-state index contributed by atoms with van der Waals surface area (Å²) in [6.45, 7) is -3.18. The van der Waals surface area contributed by atoms with Crippen LogP contribution in [0.25, 0.3) is 0 Å². The third-order valence-electron chi connectivity index (χ3n) is 2.34. The minimum atomic E-state index is -7.06. The van der Waals surface area contributed by atoms with Crippen molar-refractivity contribution in [1.29, 1.82) is 0 Å². The van der Waals surface area contributed by atoms with Crippen molar-refractivity contribution < 1.29 is 48.3 Å². The first kappa shape index (κ1) is 15.2. The summed E-state index contributed by atoms with van der Waals surface area (Å²) in [5.74, 6) is -20.8. The largest absolute Gasteiger partial charge is 0.393 e. The average Bonchev–Trinajstić information content (AvgIpc) is 2.15. The van der Waals surface area contributed by atoms with E-state index in [-0.39, 0.29) is 0 Å². The third kappa shape index (κ3) is 1.26. The van der Waals surface area contributed by atoms with Gasteiger partial charge < -0.3 is 0 Å². The molecule has 1 fully saturated rings. The van der Waals surface area contributed by atoms with Crippen molar-refractivity contribution in [1.82, 2.24) is 4.90 Å². The normalized spacial score (nSPS) is 32.2. The highest BCUT2D eigenvalue weighted by molar-refractivity contribution is 5.13. The Morgan fingerprint density at radius 1 is 0.556 bits per heavy atom. The van der Waals surface area contributed by atoms with Crippen LogP contribution in [0.15, 0.2) is 0 Å². The maximum Gasteiger partial charge on any atom is 0.393 e. The lowest BCUT2D eigenvalue weighted by Gasteiger charge is -2.50. The molecule has 0 aromatic carbocycles. The van der Waals surface area contributed by atoms with Crippen LogP contribution in [0.5, 0.6) is 0 Å². The van der Waals surface area contributed by atoms with Crippen LogP contribution in [-0.2, 0) is 0 Å². The highest BCUT2D eigenvalue weighted by Crippen LogP contribution is 2.64. The molecule has 1 rings (SSSR count). The Morgan fingerprint density at radius 3 is 1.06 bits per heavy atom. The molecule has 0 aliphatic carbocycles. The van der Waals surface area contributed by atoms with Crippen LogP contribution in [0.4, 0.5) is 48.3 Å². The molecule has 0 amide bonds. The second kappa shape index (κ2) is 3.39. The maximum absolute atomic E-state index is 12.6. The highest BCUT2D eigenvalue weighted by Gasteiger charge is 2.95. The zero-order valence-corrected chi connectivity index (χ0v) is 7.81. The molecule has 0 aromatic rings. The molecular weight excluding hydrogens is 295 g/mol. The molecule has 1 saturated heterocycles. The first-order chi connectivity index (χ1) is 7.69. The molecule has 0 N–H and O–H groups in total. The quantitative estimate of drug-likeness (QED) is 0.530. The van der Waals surface area contributed by atoms with E-state index in [1.165, 1.54) is 0 Å². The second-order valence-corrected chi connectivity index (χ2v) is 3.35. The monoisotopic (exact) mass is 297 g/mol. The van der Waals surface area contributed by atoms with Gasteiger partial charge in [-0.15, -0.1) is 4.90 Å². The van der Waals surface area contributed by atoms with E-state index in [0.717, 1.165) is 0 Å². The van der Waals surface area contributed by atoms with Gasteiger partial charge in [0.15, 0.2) is 6.80 Å². The van der Waals surface area contributed by atoms with Crippen LogP contribution in [-0.4, -0.2) is 41.6 Å². The lowest BCUT2D eigenvalue weighted by molar-refractivity contribution is -0.509. The number of hydrogen-bond acceptors (Lipinski definition) is 1. The van der Waals surface area contributed by atoms with Gasteiger partial charge in [-0.1, -0.05) is 0 Å². The zero-order chi connectivity index (χ0) is 14.8. The van der Waals surface area contributed by atoms with Crippen LogP contribution in [0.3, 0.4) is 0 Å². The molecule has 0 radical (unpaired) electrons. The summed E-state index contributed by atoms with van der Waals surface area (Å²) >= 11 is 0. The lowest BCUT2D eigenvalue weighted by Crippen LogP contribution is -2.81. The van der Waals surface area contributed by atoms with Crippen molar-refractivity contribution in [2.24, 2.45) is 0 Å². The fraction of sp³-hybridized carbons (Fsp3) is 1.00. The smallest absolute Gasteiger partial charge is 0.233 e. The molecule has 12 heteroatoms. The fourth-order valence-corrected chi connectivity index (χ4v) is 1.24. The van der Waals surface area contributed by atoms with Gasteiger partial charge in [-0.25, -0.2) is 4.39 Å². The number of rotatable bonds is 1. The molecular formula is C6H2F11N. The van der Waals surface area contributed by atoms with Gasteiger partial charge in [0, 0.05) is 0 Å². The summed E-state index contributed by atoms with van der Waals surface area (Å²) in [5.41, 5.74) is 0. The van der Waals surface area contributed by atoms with Crippen LogP contribution in [0.1, 0.15) is 0 Å². The summed E-state index contributed by atoms with van der Waals surface area (Å²) in [7, 11) is 0. The Kier molecular flexibility index (Phi) is 2.87.